The molecule has 0 unspecified atom stereocenters. The van der Waals surface area contributed by atoms with Gasteiger partial charge in [0.1, 0.15) is 11.7 Å². The van der Waals surface area contributed by atoms with Crippen molar-refractivity contribution >= 4 is 11.8 Å². The van der Waals surface area contributed by atoms with Gasteiger partial charge in [-0.3, -0.25) is 4.57 Å². The van der Waals surface area contributed by atoms with Crippen molar-refractivity contribution in [2.75, 3.05) is 12.4 Å². The summed E-state index contributed by atoms with van der Waals surface area (Å²) in [5.74, 6) is 0.0513. The molecule has 1 aromatic heterocycles. The highest BCUT2D eigenvalue weighted by molar-refractivity contribution is 8.00. The summed E-state index contributed by atoms with van der Waals surface area (Å²) in [7, 11) is 0. The molecule has 6 nitrogen and oxygen atoms in total. The van der Waals surface area contributed by atoms with Gasteiger partial charge in [-0.15, -0.1) is 11.8 Å². The van der Waals surface area contributed by atoms with Crippen molar-refractivity contribution in [3.63, 3.8) is 0 Å². The lowest BCUT2D eigenvalue weighted by Crippen LogP contribution is -2.29. The average Bonchev–Trinajstić information content (AvgIpc) is 2.71. The van der Waals surface area contributed by atoms with E-state index in [9.17, 15) is 9.90 Å². The number of hydrogen-bond donors (Lipinski definition) is 1. The number of aryl methyl sites for hydroxylation is 1. The lowest BCUT2D eigenvalue weighted by atomic mass is 10.3. The molecule has 1 aliphatic heterocycles. The average molecular weight is 243 g/mol. The summed E-state index contributed by atoms with van der Waals surface area (Å²) >= 11 is 1.43. The molecule has 2 rings (SSSR count). The molecule has 1 fully saturated rings. The van der Waals surface area contributed by atoms with Crippen LogP contribution in [0, 0.1) is 6.92 Å². The third kappa shape index (κ3) is 2.06. The van der Waals surface area contributed by atoms with Crippen LogP contribution in [0.25, 0.3) is 0 Å². The minimum Gasteiger partial charge on any atom is -0.858 e. The smallest absolute Gasteiger partial charge is 0.349 e. The highest BCUT2D eigenvalue weighted by Crippen LogP contribution is 2.30. The zero-order valence-electron chi connectivity index (χ0n) is 8.62. The molecule has 0 amide bonds. The molecule has 0 saturated carbocycles. The second-order valence-electron chi connectivity index (χ2n) is 3.46. The van der Waals surface area contributed by atoms with Gasteiger partial charge in [0, 0.05) is 11.9 Å². The fourth-order valence-corrected chi connectivity index (χ4v) is 2.37. The fraction of sp³-hybridized carbons (Fsp3) is 0.556. The minimum atomic E-state index is -0.611. The predicted octanol–water partition coefficient (Wildman–Crippen LogP) is -0.794. The van der Waals surface area contributed by atoms with E-state index in [4.69, 9.17) is 9.84 Å². The van der Waals surface area contributed by atoms with Gasteiger partial charge in [0.05, 0.1) is 6.61 Å². The molecule has 1 aliphatic rings. The lowest BCUT2D eigenvalue weighted by molar-refractivity contribution is -0.276. The standard InChI is InChI=1S/C9H12N2O4S/c1-5-2-11(9(14)10-8(5)13)6-4-16-7(3-12)15-6/h2,6-7,12H,3-4H2,1H3,(H,10,13,14)/p-1/t6-,7+/m1/s1. The molecule has 0 bridgehead atoms. The van der Waals surface area contributed by atoms with Gasteiger partial charge in [-0.1, -0.05) is 0 Å². The maximum absolute atomic E-state index is 11.5. The van der Waals surface area contributed by atoms with Gasteiger partial charge in [0.2, 0.25) is 0 Å². The first-order valence-corrected chi connectivity index (χ1v) is 5.81. The fourth-order valence-electron chi connectivity index (χ4n) is 1.44. The first-order valence-electron chi connectivity index (χ1n) is 4.76. The van der Waals surface area contributed by atoms with Crippen molar-refractivity contribution in [2.24, 2.45) is 0 Å². The summed E-state index contributed by atoms with van der Waals surface area (Å²) in [4.78, 5) is 14.8. The minimum absolute atomic E-state index is 0.0953. The van der Waals surface area contributed by atoms with Crippen LogP contribution < -0.4 is 10.8 Å². The third-order valence-electron chi connectivity index (χ3n) is 2.28. The van der Waals surface area contributed by atoms with Crippen molar-refractivity contribution in [2.45, 2.75) is 18.6 Å². The van der Waals surface area contributed by atoms with E-state index in [-0.39, 0.29) is 12.0 Å². The Morgan fingerprint density at radius 1 is 1.81 bits per heavy atom. The summed E-state index contributed by atoms with van der Waals surface area (Å²) in [5.41, 5.74) is -0.524. The molecule has 1 aromatic rings. The van der Waals surface area contributed by atoms with Gasteiger partial charge in [-0.2, -0.15) is 0 Å². The van der Waals surface area contributed by atoms with Crippen LogP contribution in [0.15, 0.2) is 11.0 Å². The van der Waals surface area contributed by atoms with Crippen LogP contribution in [0.5, 0.6) is 5.88 Å². The molecule has 1 saturated heterocycles. The van der Waals surface area contributed by atoms with E-state index in [1.807, 2.05) is 0 Å². The Labute approximate surface area is 95.9 Å². The van der Waals surface area contributed by atoms with E-state index in [0.29, 0.717) is 11.3 Å². The Morgan fingerprint density at radius 3 is 3.19 bits per heavy atom. The maximum Gasteiger partial charge on any atom is 0.349 e. The first kappa shape index (κ1) is 11.4. The molecule has 0 radical (unpaired) electrons. The molecule has 2 heterocycles. The zero-order chi connectivity index (χ0) is 11.7. The Hall–Kier alpha value is -1.05. The molecule has 0 aromatic carbocycles. The van der Waals surface area contributed by atoms with Crippen molar-refractivity contribution in [1.29, 1.82) is 0 Å². The summed E-state index contributed by atoms with van der Waals surface area (Å²) < 4.78 is 6.70. The van der Waals surface area contributed by atoms with E-state index in [0.717, 1.165) is 0 Å². The van der Waals surface area contributed by atoms with Crippen molar-refractivity contribution in [1.82, 2.24) is 9.55 Å². The SMILES string of the molecule is Cc1cn([C@H]2CS[C@@H](CO)O2)c(=O)nc1[O-]. The van der Waals surface area contributed by atoms with Gasteiger partial charge in [0.25, 0.3) is 0 Å². The second kappa shape index (κ2) is 4.44. The molecule has 1 N–H and O–H groups in total. The quantitative estimate of drug-likeness (QED) is 0.732. The number of aliphatic hydroxyl groups is 1. The van der Waals surface area contributed by atoms with Gasteiger partial charge < -0.3 is 14.9 Å². The number of aromatic nitrogens is 2. The molecule has 2 atom stereocenters. The highest BCUT2D eigenvalue weighted by atomic mass is 32.2. The number of hydrogen-bond acceptors (Lipinski definition) is 6. The molecular weight excluding hydrogens is 232 g/mol. The summed E-state index contributed by atoms with van der Waals surface area (Å²) in [6.45, 7) is 1.50. The topological polar surface area (TPSA) is 87.4 Å². The molecular formula is C9H11N2O4S-. The monoisotopic (exact) mass is 243 g/mol. The Kier molecular flexibility index (Phi) is 3.17. The van der Waals surface area contributed by atoms with E-state index in [1.165, 1.54) is 22.5 Å². The van der Waals surface area contributed by atoms with E-state index >= 15 is 0 Å². The van der Waals surface area contributed by atoms with Crippen LogP contribution in [0.2, 0.25) is 0 Å². The third-order valence-corrected chi connectivity index (χ3v) is 3.39. The lowest BCUT2D eigenvalue weighted by Gasteiger charge is -2.16. The summed E-state index contributed by atoms with van der Waals surface area (Å²) in [6.07, 6.45) is 0.990. The Balaban J connectivity index is 2.28. The summed E-state index contributed by atoms with van der Waals surface area (Å²) in [5, 5.41) is 20.0. The normalized spacial score (nSPS) is 24.9. The van der Waals surface area contributed by atoms with Crippen LogP contribution in [-0.2, 0) is 4.74 Å². The van der Waals surface area contributed by atoms with Gasteiger partial charge in [-0.25, -0.2) is 9.78 Å². The van der Waals surface area contributed by atoms with Gasteiger partial charge in [-0.05, 0) is 18.4 Å². The maximum atomic E-state index is 11.5. The van der Waals surface area contributed by atoms with Crippen LogP contribution in [0.1, 0.15) is 11.8 Å². The Morgan fingerprint density at radius 2 is 2.56 bits per heavy atom. The molecule has 7 heteroatoms. The highest BCUT2D eigenvalue weighted by Gasteiger charge is 2.27. The molecule has 88 valence electrons. The van der Waals surface area contributed by atoms with Crippen LogP contribution in [-0.4, -0.2) is 32.5 Å². The number of nitrogens with zero attached hydrogens (tertiary/aromatic N) is 2. The zero-order valence-corrected chi connectivity index (χ0v) is 9.44. The second-order valence-corrected chi connectivity index (χ2v) is 4.65. The van der Waals surface area contributed by atoms with Gasteiger partial charge >= 0.3 is 5.69 Å². The van der Waals surface area contributed by atoms with Crippen molar-refractivity contribution in [3.8, 4) is 5.88 Å². The largest absolute Gasteiger partial charge is 0.858 e. The van der Waals surface area contributed by atoms with Gasteiger partial charge in [0.15, 0.2) is 0 Å². The van der Waals surface area contributed by atoms with E-state index < -0.39 is 17.8 Å². The Bertz CT molecular complexity index is 448. The van der Waals surface area contributed by atoms with E-state index in [1.54, 1.807) is 6.92 Å². The summed E-state index contributed by atoms with van der Waals surface area (Å²) in [6, 6.07) is 0. The van der Waals surface area contributed by atoms with Crippen LogP contribution in [0.3, 0.4) is 0 Å². The van der Waals surface area contributed by atoms with Crippen LogP contribution in [0.4, 0.5) is 0 Å². The molecule has 16 heavy (non-hydrogen) atoms. The number of aliphatic hydroxyl groups excluding tert-OH is 1. The molecule has 0 aliphatic carbocycles. The van der Waals surface area contributed by atoms with Crippen molar-refractivity contribution < 1.29 is 14.9 Å². The number of ether oxygens (including phenoxy) is 1. The first-order chi connectivity index (χ1) is 7.61. The van der Waals surface area contributed by atoms with Crippen molar-refractivity contribution in [3.05, 3.63) is 22.2 Å². The van der Waals surface area contributed by atoms with E-state index in [2.05, 4.69) is 4.98 Å². The van der Waals surface area contributed by atoms with Crippen LogP contribution >= 0.6 is 11.8 Å². The number of rotatable bonds is 2. The molecule has 0 spiro atoms. The number of thioether (sulfide) groups is 1. The predicted molar refractivity (Wildman–Crippen MR) is 56.1 cm³/mol.